The molecular weight excluding hydrogens is 249 g/mol. The summed E-state index contributed by atoms with van der Waals surface area (Å²) in [6, 6.07) is 5.48. The van der Waals surface area contributed by atoms with E-state index in [2.05, 4.69) is 0 Å². The van der Waals surface area contributed by atoms with Gasteiger partial charge in [-0.1, -0.05) is 23.7 Å². The van der Waals surface area contributed by atoms with Crippen molar-refractivity contribution in [3.8, 4) is 0 Å². The molecule has 0 radical (unpaired) electrons. The second kappa shape index (κ2) is 4.62. The van der Waals surface area contributed by atoms with Crippen LogP contribution in [0.2, 0.25) is 5.02 Å². The van der Waals surface area contributed by atoms with Gasteiger partial charge in [0.1, 0.15) is 12.1 Å². The molecule has 2 rings (SSSR count). The Bertz CT molecular complexity index is 422. The van der Waals surface area contributed by atoms with E-state index in [9.17, 15) is 4.79 Å². The molecular formula is C11H11Cl2NO2. The van der Waals surface area contributed by atoms with Crippen LogP contribution in [-0.4, -0.2) is 18.0 Å². The fourth-order valence-electron chi connectivity index (χ4n) is 1.80. The molecule has 5 heteroatoms. The van der Waals surface area contributed by atoms with E-state index in [-0.39, 0.29) is 18.0 Å². The Labute approximate surface area is 104 Å². The third-order valence-electron chi connectivity index (χ3n) is 2.54. The van der Waals surface area contributed by atoms with Crippen molar-refractivity contribution in [2.24, 2.45) is 0 Å². The summed E-state index contributed by atoms with van der Waals surface area (Å²) in [7, 11) is 0. The van der Waals surface area contributed by atoms with Crippen LogP contribution in [0.1, 0.15) is 12.5 Å². The minimum atomic E-state index is -0.335. The van der Waals surface area contributed by atoms with Gasteiger partial charge in [-0.2, -0.15) is 0 Å². The lowest BCUT2D eigenvalue weighted by molar-refractivity contribution is -0.119. The SMILES string of the molecule is CC1OCc2cccc(Cl)c2N1C(=O)CCl. The van der Waals surface area contributed by atoms with Crippen molar-refractivity contribution in [1.82, 2.24) is 0 Å². The number of nitrogens with zero attached hydrogens (tertiary/aromatic N) is 1. The zero-order chi connectivity index (χ0) is 11.7. The number of fused-ring (bicyclic) bond motifs is 1. The maximum atomic E-state index is 11.7. The number of hydrogen-bond acceptors (Lipinski definition) is 2. The van der Waals surface area contributed by atoms with Gasteiger partial charge in [0.2, 0.25) is 5.91 Å². The van der Waals surface area contributed by atoms with Gasteiger partial charge in [0, 0.05) is 5.56 Å². The van der Waals surface area contributed by atoms with Gasteiger partial charge in [-0.15, -0.1) is 11.6 Å². The van der Waals surface area contributed by atoms with Gasteiger partial charge in [-0.25, -0.2) is 0 Å². The number of halogens is 2. The number of anilines is 1. The highest BCUT2D eigenvalue weighted by Gasteiger charge is 2.29. The summed E-state index contributed by atoms with van der Waals surface area (Å²) in [6.45, 7) is 2.26. The fraction of sp³-hybridized carbons (Fsp3) is 0.364. The lowest BCUT2D eigenvalue weighted by Crippen LogP contribution is -2.44. The van der Waals surface area contributed by atoms with Gasteiger partial charge in [0.15, 0.2) is 0 Å². The van der Waals surface area contributed by atoms with Crippen LogP contribution in [0.3, 0.4) is 0 Å². The molecule has 0 saturated heterocycles. The van der Waals surface area contributed by atoms with Crippen molar-refractivity contribution in [3.63, 3.8) is 0 Å². The molecule has 1 aliphatic rings. The lowest BCUT2D eigenvalue weighted by atomic mass is 10.1. The van der Waals surface area contributed by atoms with Gasteiger partial charge in [0.25, 0.3) is 0 Å². The molecule has 1 atom stereocenters. The van der Waals surface area contributed by atoms with Crippen LogP contribution in [0.25, 0.3) is 0 Å². The number of carbonyl (C=O) groups excluding carboxylic acids is 1. The van der Waals surface area contributed by atoms with Crippen molar-refractivity contribution in [2.75, 3.05) is 10.8 Å². The van der Waals surface area contributed by atoms with E-state index in [0.29, 0.717) is 17.3 Å². The van der Waals surface area contributed by atoms with Crippen LogP contribution >= 0.6 is 23.2 Å². The summed E-state index contributed by atoms with van der Waals surface area (Å²) in [5, 5.41) is 0.547. The second-order valence-electron chi connectivity index (χ2n) is 3.56. The summed E-state index contributed by atoms with van der Waals surface area (Å²) in [4.78, 5) is 13.3. The lowest BCUT2D eigenvalue weighted by Gasteiger charge is -2.35. The van der Waals surface area contributed by atoms with Crippen LogP contribution in [0.15, 0.2) is 18.2 Å². The number of alkyl halides is 1. The topological polar surface area (TPSA) is 29.5 Å². The number of para-hydroxylation sites is 1. The minimum absolute atomic E-state index is 0.0850. The number of amides is 1. The van der Waals surface area contributed by atoms with E-state index >= 15 is 0 Å². The zero-order valence-corrected chi connectivity index (χ0v) is 10.3. The molecule has 0 N–H and O–H groups in total. The molecule has 0 spiro atoms. The first-order chi connectivity index (χ1) is 7.65. The third kappa shape index (κ3) is 1.90. The van der Waals surface area contributed by atoms with E-state index < -0.39 is 0 Å². The Morgan fingerprint density at radius 1 is 1.62 bits per heavy atom. The molecule has 1 amide bonds. The molecule has 86 valence electrons. The Balaban J connectivity index is 2.51. The number of rotatable bonds is 1. The molecule has 16 heavy (non-hydrogen) atoms. The normalized spacial score (nSPS) is 19.4. The molecule has 1 aromatic rings. The van der Waals surface area contributed by atoms with E-state index in [4.69, 9.17) is 27.9 Å². The Hall–Kier alpha value is -0.770. The largest absolute Gasteiger partial charge is 0.353 e. The summed E-state index contributed by atoms with van der Waals surface area (Å²) in [5.74, 6) is -0.290. The van der Waals surface area contributed by atoms with E-state index in [1.165, 1.54) is 4.90 Å². The minimum Gasteiger partial charge on any atom is -0.353 e. The number of carbonyl (C=O) groups is 1. The predicted molar refractivity (Wildman–Crippen MR) is 63.9 cm³/mol. The highest BCUT2D eigenvalue weighted by molar-refractivity contribution is 6.35. The first-order valence-corrected chi connectivity index (χ1v) is 5.83. The average molecular weight is 260 g/mol. The summed E-state index contributed by atoms with van der Waals surface area (Å²) >= 11 is 11.7. The Morgan fingerprint density at radius 2 is 2.38 bits per heavy atom. The smallest absolute Gasteiger partial charge is 0.244 e. The third-order valence-corrected chi connectivity index (χ3v) is 3.07. The molecule has 0 bridgehead atoms. The van der Waals surface area contributed by atoms with Crippen LogP contribution in [-0.2, 0) is 16.1 Å². The van der Waals surface area contributed by atoms with E-state index in [1.54, 1.807) is 13.0 Å². The molecule has 1 heterocycles. The van der Waals surface area contributed by atoms with Crippen LogP contribution in [0.5, 0.6) is 0 Å². The fourth-order valence-corrected chi connectivity index (χ4v) is 2.22. The standard InChI is InChI=1S/C11H11Cl2NO2/c1-7-14(10(15)5-12)11-8(6-16-7)3-2-4-9(11)13/h2-4,7H,5-6H2,1H3. The summed E-state index contributed by atoms with van der Waals surface area (Å²) in [5.41, 5.74) is 1.62. The van der Waals surface area contributed by atoms with Gasteiger partial charge in [-0.05, 0) is 13.0 Å². The van der Waals surface area contributed by atoms with Crippen molar-refractivity contribution in [1.29, 1.82) is 0 Å². The van der Waals surface area contributed by atoms with Crippen LogP contribution < -0.4 is 4.90 Å². The molecule has 0 aromatic heterocycles. The quantitative estimate of drug-likeness (QED) is 0.726. The maximum absolute atomic E-state index is 11.7. The van der Waals surface area contributed by atoms with Gasteiger partial charge < -0.3 is 4.74 Å². The molecule has 1 aromatic carbocycles. The zero-order valence-electron chi connectivity index (χ0n) is 8.74. The predicted octanol–water partition coefficient (Wildman–Crippen LogP) is 2.79. The van der Waals surface area contributed by atoms with Crippen molar-refractivity contribution >= 4 is 34.8 Å². The first kappa shape index (κ1) is 11.7. The van der Waals surface area contributed by atoms with Crippen molar-refractivity contribution < 1.29 is 9.53 Å². The highest BCUT2D eigenvalue weighted by atomic mass is 35.5. The maximum Gasteiger partial charge on any atom is 0.244 e. The first-order valence-electron chi connectivity index (χ1n) is 4.92. The highest BCUT2D eigenvalue weighted by Crippen LogP contribution is 2.35. The van der Waals surface area contributed by atoms with Crippen LogP contribution in [0, 0.1) is 0 Å². The number of hydrogen-bond donors (Lipinski definition) is 0. The Morgan fingerprint density at radius 3 is 3.06 bits per heavy atom. The summed E-state index contributed by atoms with van der Waals surface area (Å²) in [6.07, 6.45) is -0.335. The monoisotopic (exact) mass is 259 g/mol. The second-order valence-corrected chi connectivity index (χ2v) is 4.23. The van der Waals surface area contributed by atoms with Crippen LogP contribution in [0.4, 0.5) is 5.69 Å². The molecule has 1 aliphatic heterocycles. The Kier molecular flexibility index (Phi) is 3.38. The number of ether oxygens (including phenoxy) is 1. The number of benzene rings is 1. The molecule has 0 fully saturated rings. The molecule has 0 saturated carbocycles. The van der Waals surface area contributed by atoms with Gasteiger partial charge in [-0.3, -0.25) is 9.69 Å². The molecule has 0 aliphatic carbocycles. The van der Waals surface area contributed by atoms with Crippen molar-refractivity contribution in [3.05, 3.63) is 28.8 Å². The van der Waals surface area contributed by atoms with E-state index in [0.717, 1.165) is 5.56 Å². The van der Waals surface area contributed by atoms with Gasteiger partial charge in [0.05, 0.1) is 17.3 Å². The van der Waals surface area contributed by atoms with Gasteiger partial charge >= 0.3 is 0 Å². The summed E-state index contributed by atoms with van der Waals surface area (Å²) < 4.78 is 5.48. The molecule has 3 nitrogen and oxygen atoms in total. The van der Waals surface area contributed by atoms with E-state index in [1.807, 2.05) is 12.1 Å². The molecule has 1 unspecified atom stereocenters. The average Bonchev–Trinajstić information content (AvgIpc) is 2.29. The van der Waals surface area contributed by atoms with Crippen molar-refractivity contribution in [2.45, 2.75) is 19.8 Å².